The maximum absolute atomic E-state index is 5.43. The van der Waals surface area contributed by atoms with Crippen molar-refractivity contribution in [2.75, 3.05) is 39.1 Å². The molecule has 1 heterocycles. The Morgan fingerprint density at radius 3 is 2.63 bits per heavy atom. The van der Waals surface area contributed by atoms with Crippen molar-refractivity contribution in [3.8, 4) is 12.3 Å². The highest BCUT2D eigenvalue weighted by molar-refractivity contribution is 14.0. The SMILES string of the molecule is C#CCNC(=NCC1(SC)CCOCC1)NCC.I. The van der Waals surface area contributed by atoms with Crippen molar-refractivity contribution >= 4 is 41.7 Å². The summed E-state index contributed by atoms with van der Waals surface area (Å²) in [7, 11) is 0. The van der Waals surface area contributed by atoms with Crippen LogP contribution in [0.15, 0.2) is 4.99 Å². The van der Waals surface area contributed by atoms with Crippen LogP contribution < -0.4 is 10.6 Å². The van der Waals surface area contributed by atoms with Crippen molar-refractivity contribution in [3.63, 3.8) is 0 Å². The molecule has 0 spiro atoms. The van der Waals surface area contributed by atoms with Crippen LogP contribution in [0.1, 0.15) is 19.8 Å². The van der Waals surface area contributed by atoms with Gasteiger partial charge in [0.15, 0.2) is 5.96 Å². The van der Waals surface area contributed by atoms with Crippen LogP contribution in [0.3, 0.4) is 0 Å². The molecule has 0 bridgehead atoms. The molecule has 0 aliphatic carbocycles. The van der Waals surface area contributed by atoms with E-state index in [1.165, 1.54) is 0 Å². The van der Waals surface area contributed by atoms with Crippen molar-refractivity contribution in [1.29, 1.82) is 0 Å². The van der Waals surface area contributed by atoms with E-state index >= 15 is 0 Å². The summed E-state index contributed by atoms with van der Waals surface area (Å²) < 4.78 is 5.65. The molecule has 1 aliphatic rings. The van der Waals surface area contributed by atoms with E-state index in [0.29, 0.717) is 6.54 Å². The lowest BCUT2D eigenvalue weighted by Gasteiger charge is -2.34. The Kier molecular flexibility index (Phi) is 10.6. The number of rotatable bonds is 5. The molecule has 0 saturated carbocycles. The molecule has 4 nitrogen and oxygen atoms in total. The lowest BCUT2D eigenvalue weighted by atomic mass is 9.99. The van der Waals surface area contributed by atoms with E-state index < -0.39 is 0 Å². The van der Waals surface area contributed by atoms with Crippen molar-refractivity contribution in [3.05, 3.63) is 0 Å². The number of hydrogen-bond donors (Lipinski definition) is 2. The molecular weight excluding hydrogens is 373 g/mol. The number of guanidine groups is 1. The van der Waals surface area contributed by atoms with E-state index in [2.05, 4.69) is 27.8 Å². The van der Waals surface area contributed by atoms with Crippen LogP contribution in [0.4, 0.5) is 0 Å². The van der Waals surface area contributed by atoms with Gasteiger partial charge < -0.3 is 15.4 Å². The lowest BCUT2D eigenvalue weighted by molar-refractivity contribution is 0.0794. The molecule has 1 rings (SSSR count). The van der Waals surface area contributed by atoms with Gasteiger partial charge in [-0.3, -0.25) is 4.99 Å². The van der Waals surface area contributed by atoms with Gasteiger partial charge >= 0.3 is 0 Å². The Hall–Kier alpha value is -0.130. The van der Waals surface area contributed by atoms with Gasteiger partial charge in [-0.2, -0.15) is 11.8 Å². The average molecular weight is 397 g/mol. The summed E-state index contributed by atoms with van der Waals surface area (Å²) in [5.41, 5.74) is 0. The Bertz CT molecular complexity index is 312. The maximum Gasteiger partial charge on any atom is 0.192 e. The molecule has 6 heteroatoms. The van der Waals surface area contributed by atoms with Crippen molar-refractivity contribution in [2.24, 2.45) is 4.99 Å². The first-order valence-corrected chi connectivity index (χ1v) is 7.57. The molecular formula is C13H24IN3OS. The number of terminal acetylenes is 1. The van der Waals surface area contributed by atoms with Gasteiger partial charge in [0.25, 0.3) is 0 Å². The standard InChI is InChI=1S/C13H23N3OS.HI/c1-4-8-15-12(14-5-2)16-11-13(18-3)6-9-17-10-7-13;/h1H,5-11H2,2-3H3,(H2,14,15,16);1H. The summed E-state index contributed by atoms with van der Waals surface area (Å²) in [6, 6.07) is 0. The highest BCUT2D eigenvalue weighted by Gasteiger charge is 2.31. The number of nitrogens with one attached hydrogen (secondary N) is 2. The maximum atomic E-state index is 5.43. The molecule has 110 valence electrons. The number of nitrogens with zero attached hydrogens (tertiary/aromatic N) is 1. The van der Waals surface area contributed by atoms with Gasteiger partial charge in [0, 0.05) is 24.5 Å². The van der Waals surface area contributed by atoms with E-state index in [-0.39, 0.29) is 28.7 Å². The van der Waals surface area contributed by atoms with Gasteiger partial charge in [-0.05, 0) is 26.0 Å². The number of ether oxygens (including phenoxy) is 1. The van der Waals surface area contributed by atoms with Crippen LogP contribution >= 0.6 is 35.7 Å². The largest absolute Gasteiger partial charge is 0.381 e. The van der Waals surface area contributed by atoms with E-state index in [0.717, 1.165) is 45.1 Å². The van der Waals surface area contributed by atoms with Crippen LogP contribution in [-0.2, 0) is 4.74 Å². The summed E-state index contributed by atoms with van der Waals surface area (Å²) in [6.07, 6.45) is 9.53. The second kappa shape index (κ2) is 10.6. The zero-order chi connectivity index (χ0) is 13.3. The number of halogens is 1. The van der Waals surface area contributed by atoms with Gasteiger partial charge in [-0.15, -0.1) is 30.4 Å². The van der Waals surface area contributed by atoms with Gasteiger partial charge in [0.2, 0.25) is 0 Å². The minimum Gasteiger partial charge on any atom is -0.381 e. The molecule has 1 fully saturated rings. The second-order valence-electron chi connectivity index (χ2n) is 4.25. The van der Waals surface area contributed by atoms with Crippen molar-refractivity contribution < 1.29 is 4.74 Å². The molecule has 0 aromatic carbocycles. The molecule has 0 amide bonds. The molecule has 2 N–H and O–H groups in total. The smallest absolute Gasteiger partial charge is 0.192 e. The first-order valence-electron chi connectivity index (χ1n) is 6.35. The van der Waals surface area contributed by atoms with E-state index in [4.69, 9.17) is 11.2 Å². The third-order valence-electron chi connectivity index (χ3n) is 3.06. The quantitative estimate of drug-likeness (QED) is 0.321. The minimum atomic E-state index is 0. The Labute approximate surface area is 137 Å². The summed E-state index contributed by atoms with van der Waals surface area (Å²) in [4.78, 5) is 4.64. The van der Waals surface area contributed by atoms with Crippen LogP contribution in [0, 0.1) is 12.3 Å². The zero-order valence-electron chi connectivity index (χ0n) is 11.7. The first kappa shape index (κ1) is 18.9. The summed E-state index contributed by atoms with van der Waals surface area (Å²) in [5, 5.41) is 6.31. The highest BCUT2D eigenvalue weighted by atomic mass is 127. The molecule has 0 aromatic rings. The third kappa shape index (κ3) is 6.72. The van der Waals surface area contributed by atoms with Crippen LogP contribution in [-0.4, -0.2) is 49.8 Å². The highest BCUT2D eigenvalue weighted by Crippen LogP contribution is 2.33. The van der Waals surface area contributed by atoms with Crippen molar-refractivity contribution in [1.82, 2.24) is 10.6 Å². The second-order valence-corrected chi connectivity index (χ2v) is 5.53. The molecule has 1 aliphatic heterocycles. The fourth-order valence-corrected chi connectivity index (χ4v) is 2.64. The lowest BCUT2D eigenvalue weighted by Crippen LogP contribution is -2.41. The predicted molar refractivity (Wildman–Crippen MR) is 94.5 cm³/mol. The Morgan fingerprint density at radius 1 is 1.42 bits per heavy atom. The Balaban J connectivity index is 0.00000324. The molecule has 0 aromatic heterocycles. The topological polar surface area (TPSA) is 45.7 Å². The number of thioether (sulfide) groups is 1. The monoisotopic (exact) mass is 397 g/mol. The molecule has 0 unspecified atom stereocenters. The fourth-order valence-electron chi connectivity index (χ4n) is 1.87. The first-order chi connectivity index (χ1) is 8.76. The molecule has 19 heavy (non-hydrogen) atoms. The normalized spacial score (nSPS) is 18.1. The summed E-state index contributed by atoms with van der Waals surface area (Å²) in [6.45, 7) is 5.87. The average Bonchev–Trinajstić information content (AvgIpc) is 2.43. The number of aliphatic imine (C=N–C) groups is 1. The molecule has 0 atom stereocenters. The van der Waals surface area contributed by atoms with E-state index in [1.54, 1.807) is 0 Å². The third-order valence-corrected chi connectivity index (χ3v) is 4.47. The Morgan fingerprint density at radius 2 is 2.11 bits per heavy atom. The fraction of sp³-hybridized carbons (Fsp3) is 0.769. The van der Waals surface area contributed by atoms with Gasteiger partial charge in [0.05, 0.1) is 13.1 Å². The van der Waals surface area contributed by atoms with Gasteiger partial charge in [0.1, 0.15) is 0 Å². The summed E-state index contributed by atoms with van der Waals surface area (Å²) >= 11 is 1.89. The molecule has 0 radical (unpaired) electrons. The number of hydrogen-bond acceptors (Lipinski definition) is 3. The van der Waals surface area contributed by atoms with Crippen molar-refractivity contribution in [2.45, 2.75) is 24.5 Å². The molecule has 1 saturated heterocycles. The predicted octanol–water partition coefficient (Wildman–Crippen LogP) is 1.70. The zero-order valence-corrected chi connectivity index (χ0v) is 14.8. The minimum absolute atomic E-state index is 0. The van der Waals surface area contributed by atoms with Crippen LogP contribution in [0.5, 0.6) is 0 Å². The van der Waals surface area contributed by atoms with Crippen LogP contribution in [0.25, 0.3) is 0 Å². The van der Waals surface area contributed by atoms with E-state index in [9.17, 15) is 0 Å². The van der Waals surface area contributed by atoms with Gasteiger partial charge in [-0.1, -0.05) is 5.92 Å². The van der Waals surface area contributed by atoms with Crippen LogP contribution in [0.2, 0.25) is 0 Å². The van der Waals surface area contributed by atoms with Gasteiger partial charge in [-0.25, -0.2) is 0 Å². The van der Waals surface area contributed by atoms with E-state index in [1.807, 2.05) is 18.7 Å². The summed E-state index contributed by atoms with van der Waals surface area (Å²) in [5.74, 6) is 3.36.